The fourth-order valence-corrected chi connectivity index (χ4v) is 5.66. The zero-order chi connectivity index (χ0) is 21.8. The van der Waals surface area contributed by atoms with Crippen molar-refractivity contribution in [3.63, 3.8) is 0 Å². The molecular weight excluding hydrogens is 392 g/mol. The molecule has 0 N–H and O–H groups in total. The summed E-state index contributed by atoms with van der Waals surface area (Å²) in [6.07, 6.45) is -0.437. The number of esters is 1. The number of carbonyl (C=O) groups is 1. The minimum Gasteiger partial charge on any atom is -0.466 e. The molecule has 0 aliphatic rings. The highest BCUT2D eigenvalue weighted by Crippen LogP contribution is 2.38. The van der Waals surface area contributed by atoms with Crippen LogP contribution in [0.25, 0.3) is 0 Å². The van der Waals surface area contributed by atoms with Crippen molar-refractivity contribution >= 4 is 24.1 Å². The van der Waals surface area contributed by atoms with Gasteiger partial charge in [0.25, 0.3) is 0 Å². The summed E-state index contributed by atoms with van der Waals surface area (Å²) < 4.78 is 37.6. The molecular formula is C21H36O5SSi. The largest absolute Gasteiger partial charge is 0.466 e. The molecule has 0 saturated carbocycles. The summed E-state index contributed by atoms with van der Waals surface area (Å²) in [6, 6.07) is 6.84. The van der Waals surface area contributed by atoms with E-state index in [9.17, 15) is 13.2 Å². The number of aryl methyl sites for hydroxylation is 1. The summed E-state index contributed by atoms with van der Waals surface area (Å²) in [5, 5.41) is -0.0669. The van der Waals surface area contributed by atoms with Crippen LogP contribution in [0.4, 0.5) is 0 Å². The Morgan fingerprint density at radius 1 is 1.14 bits per heavy atom. The molecule has 0 spiro atoms. The van der Waals surface area contributed by atoms with Crippen LogP contribution in [0, 0.1) is 12.8 Å². The van der Waals surface area contributed by atoms with E-state index < -0.39 is 24.3 Å². The molecule has 0 heterocycles. The van der Waals surface area contributed by atoms with Crippen LogP contribution in [0.5, 0.6) is 0 Å². The Bertz CT molecular complexity index is 748. The van der Waals surface area contributed by atoms with Crippen molar-refractivity contribution in [1.29, 1.82) is 0 Å². The summed E-state index contributed by atoms with van der Waals surface area (Å²) in [7, 11) is -5.77. The third-order valence-corrected chi connectivity index (χ3v) is 11.7. The molecule has 1 aromatic carbocycles. The third-order valence-electron chi connectivity index (χ3n) is 5.44. The number of hydrogen-bond acceptors (Lipinski definition) is 5. The minimum absolute atomic E-state index is 0.0669. The Hall–Kier alpha value is -1.18. The first-order chi connectivity index (χ1) is 12.7. The molecule has 2 atom stereocenters. The van der Waals surface area contributed by atoms with E-state index in [1.165, 1.54) is 0 Å². The SMILES string of the molecule is CCOC(=O)C[C@@H](C)[C@@H](CS(=O)(=O)c1ccc(C)cc1)O[Si](C)(C)C(C)(C)C. The lowest BCUT2D eigenvalue weighted by Crippen LogP contribution is -2.47. The average molecular weight is 429 g/mol. The minimum atomic E-state index is -3.54. The molecule has 1 aromatic rings. The van der Waals surface area contributed by atoms with Crippen molar-refractivity contribution in [2.45, 2.75) is 77.1 Å². The zero-order valence-corrected chi connectivity index (χ0v) is 20.4. The Morgan fingerprint density at radius 2 is 1.68 bits per heavy atom. The number of sulfone groups is 1. The lowest BCUT2D eigenvalue weighted by molar-refractivity contribution is -0.144. The number of benzene rings is 1. The van der Waals surface area contributed by atoms with Crippen molar-refractivity contribution in [3.8, 4) is 0 Å². The Kier molecular flexibility index (Phi) is 8.47. The van der Waals surface area contributed by atoms with E-state index in [1.807, 2.05) is 13.8 Å². The second-order valence-electron chi connectivity index (χ2n) is 9.00. The highest BCUT2D eigenvalue weighted by Gasteiger charge is 2.41. The van der Waals surface area contributed by atoms with Gasteiger partial charge in [-0.1, -0.05) is 45.4 Å². The summed E-state index contributed by atoms with van der Waals surface area (Å²) >= 11 is 0. The van der Waals surface area contributed by atoms with Gasteiger partial charge < -0.3 is 9.16 Å². The van der Waals surface area contributed by atoms with Gasteiger partial charge in [-0.25, -0.2) is 8.42 Å². The molecule has 0 aromatic heterocycles. The van der Waals surface area contributed by atoms with Crippen molar-refractivity contribution < 1.29 is 22.4 Å². The standard InChI is InChI=1S/C21H36O5SSi/c1-9-25-20(22)14-17(3)19(26-28(7,8)21(4,5)6)15-27(23,24)18-12-10-16(2)11-13-18/h10-13,17,19H,9,14-15H2,1-8H3/t17-,19-/m1/s1. The van der Waals surface area contributed by atoms with Crippen LogP contribution in [0.3, 0.4) is 0 Å². The van der Waals surface area contributed by atoms with E-state index in [-0.39, 0.29) is 34.0 Å². The highest BCUT2D eigenvalue weighted by atomic mass is 32.2. The van der Waals surface area contributed by atoms with E-state index in [0.29, 0.717) is 6.61 Å². The maximum atomic E-state index is 13.0. The van der Waals surface area contributed by atoms with Gasteiger partial charge in [0.15, 0.2) is 18.2 Å². The van der Waals surface area contributed by atoms with E-state index >= 15 is 0 Å². The van der Waals surface area contributed by atoms with Gasteiger partial charge in [0.1, 0.15) is 0 Å². The Labute approximate surface area is 171 Å². The van der Waals surface area contributed by atoms with Crippen LogP contribution in [-0.4, -0.2) is 41.2 Å². The molecule has 0 unspecified atom stereocenters. The number of ether oxygens (including phenoxy) is 1. The average Bonchev–Trinajstić information content (AvgIpc) is 2.53. The molecule has 0 radical (unpaired) electrons. The first kappa shape index (κ1) is 24.9. The Morgan fingerprint density at radius 3 is 2.14 bits per heavy atom. The van der Waals surface area contributed by atoms with Crippen LogP contribution >= 0.6 is 0 Å². The molecule has 7 heteroatoms. The smallest absolute Gasteiger partial charge is 0.306 e. The topological polar surface area (TPSA) is 69.7 Å². The van der Waals surface area contributed by atoms with Crippen LogP contribution in [-0.2, 0) is 23.8 Å². The van der Waals surface area contributed by atoms with E-state index in [4.69, 9.17) is 9.16 Å². The normalized spacial score (nSPS) is 15.1. The fraction of sp³-hybridized carbons (Fsp3) is 0.667. The van der Waals surface area contributed by atoms with Crippen molar-refractivity contribution in [3.05, 3.63) is 29.8 Å². The molecule has 0 saturated heterocycles. The van der Waals surface area contributed by atoms with Crippen molar-refractivity contribution in [2.24, 2.45) is 5.92 Å². The molecule has 1 rings (SSSR count). The lowest BCUT2D eigenvalue weighted by atomic mass is 10.0. The second kappa shape index (κ2) is 9.54. The lowest BCUT2D eigenvalue weighted by Gasteiger charge is -2.40. The molecule has 0 aliphatic heterocycles. The fourth-order valence-electron chi connectivity index (χ4n) is 2.54. The van der Waals surface area contributed by atoms with Crippen LogP contribution in [0.2, 0.25) is 18.1 Å². The van der Waals surface area contributed by atoms with Crippen LogP contribution in [0.15, 0.2) is 29.2 Å². The van der Waals surface area contributed by atoms with E-state index in [2.05, 4.69) is 33.9 Å². The molecule has 0 fully saturated rings. The molecule has 160 valence electrons. The van der Waals surface area contributed by atoms with E-state index in [0.717, 1.165) is 5.56 Å². The highest BCUT2D eigenvalue weighted by molar-refractivity contribution is 7.91. The molecule has 5 nitrogen and oxygen atoms in total. The van der Waals surface area contributed by atoms with Gasteiger partial charge >= 0.3 is 5.97 Å². The number of carbonyl (C=O) groups excluding carboxylic acids is 1. The summed E-state index contributed by atoms with van der Waals surface area (Å²) in [4.78, 5) is 12.3. The predicted molar refractivity (Wildman–Crippen MR) is 116 cm³/mol. The first-order valence-electron chi connectivity index (χ1n) is 9.82. The quantitative estimate of drug-likeness (QED) is 0.419. The predicted octanol–water partition coefficient (Wildman–Crippen LogP) is 4.75. The van der Waals surface area contributed by atoms with E-state index in [1.54, 1.807) is 31.2 Å². The van der Waals surface area contributed by atoms with Gasteiger partial charge in [-0.05, 0) is 50.0 Å². The third kappa shape index (κ3) is 7.01. The van der Waals surface area contributed by atoms with Gasteiger partial charge in [-0.15, -0.1) is 0 Å². The second-order valence-corrected chi connectivity index (χ2v) is 15.8. The summed E-state index contributed by atoms with van der Waals surface area (Å²) in [5.74, 6) is -0.747. The zero-order valence-electron chi connectivity index (χ0n) is 18.5. The van der Waals surface area contributed by atoms with Gasteiger partial charge in [-0.2, -0.15) is 0 Å². The van der Waals surface area contributed by atoms with Crippen LogP contribution < -0.4 is 0 Å². The van der Waals surface area contributed by atoms with Gasteiger partial charge in [0.2, 0.25) is 0 Å². The maximum Gasteiger partial charge on any atom is 0.306 e. The molecule has 0 aliphatic carbocycles. The summed E-state index contributed by atoms with van der Waals surface area (Å²) in [5.41, 5.74) is 1.00. The van der Waals surface area contributed by atoms with Gasteiger partial charge in [0, 0.05) is 0 Å². The summed E-state index contributed by atoms with van der Waals surface area (Å²) in [6.45, 7) is 16.4. The van der Waals surface area contributed by atoms with Gasteiger partial charge in [-0.3, -0.25) is 4.79 Å². The van der Waals surface area contributed by atoms with Crippen LogP contribution in [0.1, 0.15) is 46.6 Å². The first-order valence-corrected chi connectivity index (χ1v) is 14.4. The molecule has 28 heavy (non-hydrogen) atoms. The van der Waals surface area contributed by atoms with Crippen molar-refractivity contribution in [2.75, 3.05) is 12.4 Å². The number of hydrogen-bond donors (Lipinski definition) is 0. The van der Waals surface area contributed by atoms with Crippen molar-refractivity contribution in [1.82, 2.24) is 0 Å². The maximum absolute atomic E-state index is 13.0. The molecule has 0 amide bonds. The molecule has 0 bridgehead atoms. The Balaban J connectivity index is 3.15. The monoisotopic (exact) mass is 428 g/mol. The number of rotatable bonds is 9. The van der Waals surface area contributed by atoms with Gasteiger partial charge in [0.05, 0.1) is 29.8 Å².